The van der Waals surface area contributed by atoms with Gasteiger partial charge in [0, 0.05) is 30.2 Å². The van der Waals surface area contributed by atoms with E-state index >= 15 is 0 Å². The van der Waals surface area contributed by atoms with E-state index in [9.17, 15) is 15.0 Å². The molecule has 0 spiro atoms. The zero-order valence-corrected chi connectivity index (χ0v) is 10.8. The second kappa shape index (κ2) is 6.22. The predicted octanol–water partition coefficient (Wildman–Crippen LogP) is 0.733. The van der Waals surface area contributed by atoms with Crippen LogP contribution in [0, 0.1) is 0 Å². The summed E-state index contributed by atoms with van der Waals surface area (Å²) in [6.07, 6.45) is -1.16. The molecule has 0 aliphatic carbocycles. The molecule has 0 saturated carbocycles. The van der Waals surface area contributed by atoms with Crippen LogP contribution < -0.4 is 0 Å². The Bertz CT molecular complexity index is 388. The van der Waals surface area contributed by atoms with E-state index < -0.39 is 12.2 Å². The molecule has 1 aliphatic rings. The third kappa shape index (κ3) is 3.48. The van der Waals surface area contributed by atoms with Gasteiger partial charge in [0.2, 0.25) is 5.91 Å². The average molecular weight is 267 g/mol. The maximum atomic E-state index is 11.8. The molecule has 5 heteroatoms. The molecule has 18 heavy (non-hydrogen) atoms. The van der Waals surface area contributed by atoms with Gasteiger partial charge in [-0.15, -0.1) is 11.8 Å². The number of rotatable bonds is 4. The lowest BCUT2D eigenvalue weighted by Gasteiger charge is -2.14. The highest BCUT2D eigenvalue weighted by Crippen LogP contribution is 2.19. The number of aliphatic hydroxyl groups is 2. The van der Waals surface area contributed by atoms with Gasteiger partial charge in [-0.3, -0.25) is 4.79 Å². The molecule has 1 saturated heterocycles. The van der Waals surface area contributed by atoms with Crippen molar-refractivity contribution in [2.45, 2.75) is 23.5 Å². The van der Waals surface area contributed by atoms with Crippen LogP contribution >= 0.6 is 11.8 Å². The van der Waals surface area contributed by atoms with E-state index in [4.69, 9.17) is 0 Å². The van der Waals surface area contributed by atoms with E-state index in [-0.39, 0.29) is 19.0 Å². The Morgan fingerprint density at radius 3 is 2.44 bits per heavy atom. The second-order valence-electron chi connectivity index (χ2n) is 4.34. The van der Waals surface area contributed by atoms with Crippen molar-refractivity contribution in [1.29, 1.82) is 0 Å². The van der Waals surface area contributed by atoms with Crippen molar-refractivity contribution in [3.8, 4) is 0 Å². The van der Waals surface area contributed by atoms with Gasteiger partial charge in [-0.2, -0.15) is 0 Å². The van der Waals surface area contributed by atoms with Gasteiger partial charge >= 0.3 is 0 Å². The van der Waals surface area contributed by atoms with E-state index in [0.29, 0.717) is 12.2 Å². The summed E-state index contributed by atoms with van der Waals surface area (Å²) in [4.78, 5) is 14.5. The third-order valence-corrected chi connectivity index (χ3v) is 3.95. The quantitative estimate of drug-likeness (QED) is 0.790. The summed E-state index contributed by atoms with van der Waals surface area (Å²) in [5, 5.41) is 18.7. The number of amides is 1. The van der Waals surface area contributed by atoms with Crippen LogP contribution in [0.1, 0.15) is 6.42 Å². The monoisotopic (exact) mass is 267 g/mol. The Kier molecular flexibility index (Phi) is 4.63. The Morgan fingerprint density at radius 2 is 1.83 bits per heavy atom. The van der Waals surface area contributed by atoms with Crippen molar-refractivity contribution in [3.05, 3.63) is 30.3 Å². The number of thioether (sulfide) groups is 1. The fraction of sp³-hybridized carbons (Fsp3) is 0.462. The lowest BCUT2D eigenvalue weighted by molar-refractivity contribution is -0.130. The first-order valence-corrected chi connectivity index (χ1v) is 6.97. The first-order valence-electron chi connectivity index (χ1n) is 5.98. The molecule has 0 radical (unpaired) electrons. The third-order valence-electron chi connectivity index (χ3n) is 2.94. The number of aliphatic hydroxyl groups excluding tert-OH is 2. The van der Waals surface area contributed by atoms with Gasteiger partial charge in [0.25, 0.3) is 0 Å². The van der Waals surface area contributed by atoms with Gasteiger partial charge in [-0.05, 0) is 12.1 Å². The molecule has 4 nitrogen and oxygen atoms in total. The molecule has 1 aromatic carbocycles. The minimum Gasteiger partial charge on any atom is -0.388 e. The van der Waals surface area contributed by atoms with Gasteiger partial charge in [-0.1, -0.05) is 18.2 Å². The lowest BCUT2D eigenvalue weighted by Crippen LogP contribution is -2.29. The van der Waals surface area contributed by atoms with Crippen LogP contribution in [-0.2, 0) is 4.79 Å². The molecule has 98 valence electrons. The van der Waals surface area contributed by atoms with Crippen molar-refractivity contribution in [2.24, 2.45) is 0 Å². The first kappa shape index (κ1) is 13.4. The summed E-state index contributed by atoms with van der Waals surface area (Å²) in [6, 6.07) is 9.92. The largest absolute Gasteiger partial charge is 0.388 e. The summed E-state index contributed by atoms with van der Waals surface area (Å²) in [5.74, 6) is 0.708. The van der Waals surface area contributed by atoms with Crippen LogP contribution in [0.25, 0.3) is 0 Å². The van der Waals surface area contributed by atoms with Gasteiger partial charge in [0.1, 0.15) is 0 Å². The number of hydrogen-bond donors (Lipinski definition) is 2. The van der Waals surface area contributed by atoms with Crippen LogP contribution in [0.2, 0.25) is 0 Å². The SMILES string of the molecule is O=C(CCSc1ccccc1)N1C[C@@H](O)[C@@H](O)C1. The number of carbonyl (C=O) groups excluding carboxylic acids is 1. The minimum absolute atomic E-state index is 0.00553. The summed E-state index contributed by atoms with van der Waals surface area (Å²) in [7, 11) is 0. The summed E-state index contributed by atoms with van der Waals surface area (Å²) in [5.41, 5.74) is 0. The summed E-state index contributed by atoms with van der Waals surface area (Å²) >= 11 is 1.64. The van der Waals surface area contributed by atoms with Crippen molar-refractivity contribution in [1.82, 2.24) is 4.90 Å². The molecule has 0 unspecified atom stereocenters. The maximum absolute atomic E-state index is 11.8. The number of benzene rings is 1. The number of carbonyl (C=O) groups is 1. The lowest BCUT2D eigenvalue weighted by atomic mass is 10.3. The van der Waals surface area contributed by atoms with Crippen LogP contribution in [-0.4, -0.2) is 52.1 Å². The molecule has 1 fully saturated rings. The maximum Gasteiger partial charge on any atom is 0.223 e. The Hall–Kier alpha value is -1.04. The van der Waals surface area contributed by atoms with Gasteiger partial charge in [0.15, 0.2) is 0 Å². The highest BCUT2D eigenvalue weighted by atomic mass is 32.2. The Morgan fingerprint density at radius 1 is 1.22 bits per heavy atom. The molecule has 1 amide bonds. The van der Waals surface area contributed by atoms with Crippen LogP contribution in [0.15, 0.2) is 35.2 Å². The molecule has 0 bridgehead atoms. The van der Waals surface area contributed by atoms with Crippen LogP contribution in [0.5, 0.6) is 0 Å². The Balaban J connectivity index is 1.73. The summed E-state index contributed by atoms with van der Waals surface area (Å²) in [6.45, 7) is 0.492. The van der Waals surface area contributed by atoms with E-state index in [1.807, 2.05) is 30.3 Å². The normalized spacial score (nSPS) is 23.3. The van der Waals surface area contributed by atoms with Crippen LogP contribution in [0.4, 0.5) is 0 Å². The van der Waals surface area contributed by atoms with E-state index in [2.05, 4.69) is 0 Å². The van der Waals surface area contributed by atoms with E-state index in [1.54, 1.807) is 11.8 Å². The van der Waals surface area contributed by atoms with Crippen molar-refractivity contribution < 1.29 is 15.0 Å². The van der Waals surface area contributed by atoms with E-state index in [1.165, 1.54) is 4.90 Å². The van der Waals surface area contributed by atoms with Crippen molar-refractivity contribution in [3.63, 3.8) is 0 Å². The fourth-order valence-corrected chi connectivity index (χ4v) is 2.77. The van der Waals surface area contributed by atoms with E-state index in [0.717, 1.165) is 4.90 Å². The van der Waals surface area contributed by atoms with Gasteiger partial charge in [-0.25, -0.2) is 0 Å². The molecule has 1 aliphatic heterocycles. The van der Waals surface area contributed by atoms with Gasteiger partial charge in [0.05, 0.1) is 12.2 Å². The fourth-order valence-electron chi connectivity index (χ4n) is 1.90. The molecule has 2 atom stereocenters. The van der Waals surface area contributed by atoms with Crippen molar-refractivity contribution in [2.75, 3.05) is 18.8 Å². The molecular weight excluding hydrogens is 250 g/mol. The molecule has 2 rings (SSSR count). The predicted molar refractivity (Wildman–Crippen MR) is 70.4 cm³/mol. The molecule has 1 heterocycles. The topological polar surface area (TPSA) is 60.8 Å². The smallest absolute Gasteiger partial charge is 0.223 e. The molecule has 2 N–H and O–H groups in total. The zero-order valence-electron chi connectivity index (χ0n) is 10.0. The average Bonchev–Trinajstić information content (AvgIpc) is 2.71. The highest BCUT2D eigenvalue weighted by molar-refractivity contribution is 7.99. The van der Waals surface area contributed by atoms with Gasteiger partial charge < -0.3 is 15.1 Å². The first-order chi connectivity index (χ1) is 8.66. The number of nitrogens with zero attached hydrogens (tertiary/aromatic N) is 1. The zero-order chi connectivity index (χ0) is 13.0. The Labute approximate surface area is 111 Å². The van der Waals surface area contributed by atoms with Crippen LogP contribution in [0.3, 0.4) is 0 Å². The number of hydrogen-bond acceptors (Lipinski definition) is 4. The van der Waals surface area contributed by atoms with Crippen molar-refractivity contribution >= 4 is 17.7 Å². The number of likely N-dealkylation sites (tertiary alicyclic amines) is 1. The molecule has 1 aromatic rings. The minimum atomic E-state index is -0.796. The number of β-amino-alcohol motifs (C(OH)–C–C–N with tert-alkyl or cyclic N) is 2. The molecular formula is C13H17NO3S. The summed E-state index contributed by atoms with van der Waals surface area (Å²) < 4.78 is 0. The molecule has 0 aromatic heterocycles. The standard InChI is InChI=1S/C13H17NO3S/c15-11-8-14(9-12(11)16)13(17)6-7-18-10-4-2-1-3-5-10/h1-5,11-12,15-16H,6-9H2/t11-,12+. The second-order valence-corrected chi connectivity index (χ2v) is 5.51. The highest BCUT2D eigenvalue weighted by Gasteiger charge is 2.31.